The number of carbonyl (C=O) groups excluding carboxylic acids is 1. The molecule has 1 saturated heterocycles. The fourth-order valence-corrected chi connectivity index (χ4v) is 5.38. The van der Waals surface area contributed by atoms with Gasteiger partial charge < -0.3 is 25.4 Å². The second-order valence-electron chi connectivity index (χ2n) is 10.8. The molecule has 0 saturated carbocycles. The highest BCUT2D eigenvalue weighted by molar-refractivity contribution is 7.10. The van der Waals surface area contributed by atoms with Gasteiger partial charge in [0.05, 0.1) is 42.1 Å². The first-order chi connectivity index (χ1) is 19.2. The number of nitrogens with one attached hydrogen (secondary N) is 2. The van der Waals surface area contributed by atoms with Crippen LogP contribution in [0.15, 0.2) is 30.7 Å². The average Bonchev–Trinajstić information content (AvgIpc) is 3.26. The van der Waals surface area contributed by atoms with Gasteiger partial charge in [-0.05, 0) is 48.7 Å². The number of aromatic nitrogens is 4. The van der Waals surface area contributed by atoms with Crippen LogP contribution >= 0.6 is 11.5 Å². The van der Waals surface area contributed by atoms with Gasteiger partial charge in [0, 0.05) is 18.7 Å². The van der Waals surface area contributed by atoms with E-state index in [1.165, 1.54) is 11.1 Å². The largest absolute Gasteiger partial charge is 0.477 e. The van der Waals surface area contributed by atoms with Crippen LogP contribution in [0.2, 0.25) is 0 Å². The summed E-state index contributed by atoms with van der Waals surface area (Å²) in [7, 11) is 0. The first-order valence-electron chi connectivity index (χ1n) is 12.7. The Morgan fingerprint density at radius 2 is 1.95 bits per heavy atom. The number of amides is 2. The van der Waals surface area contributed by atoms with Gasteiger partial charge in [-0.15, -0.1) is 0 Å². The molecule has 15 heteroatoms. The van der Waals surface area contributed by atoms with Gasteiger partial charge in [0.15, 0.2) is 5.69 Å². The van der Waals surface area contributed by atoms with E-state index in [9.17, 15) is 27.9 Å². The van der Waals surface area contributed by atoms with Gasteiger partial charge in [-0.1, -0.05) is 20.8 Å². The van der Waals surface area contributed by atoms with Crippen LogP contribution in [0.25, 0.3) is 0 Å². The fourth-order valence-electron chi connectivity index (χ4n) is 4.58. The summed E-state index contributed by atoms with van der Waals surface area (Å²) in [5, 5.41) is 15.2. The Morgan fingerprint density at radius 1 is 1.20 bits per heavy atom. The number of aryl methyl sites for hydroxylation is 1. The number of ether oxygens (including phenoxy) is 1. The van der Waals surface area contributed by atoms with Gasteiger partial charge in [0.1, 0.15) is 10.8 Å². The van der Waals surface area contributed by atoms with E-state index in [1.807, 2.05) is 20.8 Å². The summed E-state index contributed by atoms with van der Waals surface area (Å²) in [6.45, 7) is 8.51. The molecule has 2 amide bonds. The maximum Gasteiger partial charge on any atom is 0.434 e. The Labute approximate surface area is 238 Å². The van der Waals surface area contributed by atoms with E-state index in [1.54, 1.807) is 19.1 Å². The topological polar surface area (TPSA) is 142 Å². The first-order valence-corrected chi connectivity index (χ1v) is 13.5. The van der Waals surface area contributed by atoms with E-state index in [-0.39, 0.29) is 33.8 Å². The Balaban J connectivity index is 1.36. The smallest absolute Gasteiger partial charge is 0.434 e. The molecule has 0 spiro atoms. The molecule has 0 aliphatic carbocycles. The van der Waals surface area contributed by atoms with Crippen LogP contribution < -0.4 is 15.4 Å². The quantitative estimate of drug-likeness (QED) is 0.308. The number of pyridine rings is 1. The summed E-state index contributed by atoms with van der Waals surface area (Å²) in [6, 6.07) is 3.10. The zero-order valence-electron chi connectivity index (χ0n) is 22.8. The molecule has 2 unspecified atom stereocenters. The highest BCUT2D eigenvalue weighted by atomic mass is 32.1. The zero-order valence-corrected chi connectivity index (χ0v) is 23.6. The Morgan fingerprint density at radius 3 is 2.59 bits per heavy atom. The van der Waals surface area contributed by atoms with E-state index >= 15 is 0 Å². The Kier molecular flexibility index (Phi) is 8.66. The summed E-state index contributed by atoms with van der Waals surface area (Å²) in [5.74, 6) is -0.192. The molecule has 4 heterocycles. The summed E-state index contributed by atoms with van der Waals surface area (Å²) in [4.78, 5) is 37.5. The van der Waals surface area contributed by atoms with Crippen LogP contribution in [-0.4, -0.2) is 60.5 Å². The van der Waals surface area contributed by atoms with Crippen LogP contribution in [-0.2, 0) is 6.18 Å². The first kappa shape index (κ1) is 30.0. The molecular weight excluding hydrogens is 563 g/mol. The van der Waals surface area contributed by atoms with Crippen molar-refractivity contribution in [1.82, 2.24) is 24.2 Å². The number of carboxylic acid groups (broad SMARTS) is 1. The van der Waals surface area contributed by atoms with Gasteiger partial charge in [-0.25, -0.2) is 14.8 Å². The maximum absolute atomic E-state index is 13.0. The van der Waals surface area contributed by atoms with Gasteiger partial charge in [0.2, 0.25) is 5.88 Å². The van der Waals surface area contributed by atoms with Crippen molar-refractivity contribution >= 4 is 40.0 Å². The van der Waals surface area contributed by atoms with Crippen LogP contribution in [0.4, 0.5) is 34.5 Å². The van der Waals surface area contributed by atoms with E-state index in [0.717, 1.165) is 17.7 Å². The van der Waals surface area contributed by atoms with E-state index in [0.29, 0.717) is 49.5 Å². The van der Waals surface area contributed by atoms with Gasteiger partial charge >= 0.3 is 12.3 Å². The number of hydrogen-bond donors (Lipinski definition) is 3. The highest BCUT2D eigenvalue weighted by Crippen LogP contribution is 2.35. The highest BCUT2D eigenvalue weighted by Gasteiger charge is 2.39. The third-order valence-corrected chi connectivity index (χ3v) is 7.53. The molecule has 0 radical (unpaired) electrons. The molecule has 1 aliphatic rings. The summed E-state index contributed by atoms with van der Waals surface area (Å²) in [6.07, 6.45) is -1.05. The van der Waals surface area contributed by atoms with E-state index in [4.69, 9.17) is 4.74 Å². The number of carbonyl (C=O) groups is 2. The Bertz CT molecular complexity index is 1390. The van der Waals surface area contributed by atoms with Gasteiger partial charge in [0.25, 0.3) is 5.91 Å². The van der Waals surface area contributed by atoms with Crippen molar-refractivity contribution in [3.63, 3.8) is 0 Å². The molecule has 3 aromatic heterocycles. The fraction of sp³-hybridized carbons (Fsp3) is 0.462. The summed E-state index contributed by atoms with van der Waals surface area (Å²) in [5.41, 5.74) is -0.467. The number of alkyl halides is 3. The molecule has 3 N–H and O–H groups in total. The SMILES string of the molecule is Cc1nsc(Nc2cncc(C(F)(F)F)n2)c1C(=O)Nc1ccc(OCC2CCN(C(=O)O)C(C(C)(C)C)C2)nc1. The van der Waals surface area contributed by atoms with Crippen molar-refractivity contribution in [2.45, 2.75) is 52.8 Å². The van der Waals surface area contributed by atoms with Crippen molar-refractivity contribution in [2.24, 2.45) is 11.3 Å². The standard InChI is InChI=1S/C26H30F3N7O4S/c1-14-21(23(41-35-14)34-19-12-30-11-17(33-19)26(27,28)29)22(37)32-16-5-6-20(31-10-16)40-13-15-7-8-36(24(38)39)18(9-15)25(2,3)4/h5-6,10-12,15,18H,7-9,13H2,1-4H3,(H,32,37)(H,33,34)(H,38,39). The molecular formula is C26H30F3N7O4S. The number of anilines is 3. The van der Waals surface area contributed by atoms with Gasteiger partial charge in [-0.2, -0.15) is 17.5 Å². The van der Waals surface area contributed by atoms with Crippen LogP contribution in [0.5, 0.6) is 5.88 Å². The van der Waals surface area contributed by atoms with Crippen molar-refractivity contribution in [3.8, 4) is 5.88 Å². The number of halogens is 3. The number of nitrogens with zero attached hydrogens (tertiary/aromatic N) is 5. The number of likely N-dealkylation sites (tertiary alicyclic amines) is 1. The normalized spacial score (nSPS) is 17.7. The minimum atomic E-state index is -4.66. The third-order valence-electron chi connectivity index (χ3n) is 6.67. The van der Waals surface area contributed by atoms with E-state index in [2.05, 4.69) is 30.0 Å². The number of piperidine rings is 1. The van der Waals surface area contributed by atoms with Crippen LogP contribution in [0.1, 0.15) is 55.4 Å². The van der Waals surface area contributed by atoms with E-state index < -0.39 is 23.9 Å². The second-order valence-corrected chi connectivity index (χ2v) is 11.6. The van der Waals surface area contributed by atoms with Crippen molar-refractivity contribution in [2.75, 3.05) is 23.8 Å². The molecule has 3 aromatic rings. The molecule has 0 bridgehead atoms. The molecule has 4 rings (SSSR count). The van der Waals surface area contributed by atoms with Gasteiger partial charge in [-0.3, -0.25) is 9.78 Å². The molecule has 2 atom stereocenters. The lowest BCUT2D eigenvalue weighted by Gasteiger charge is -2.44. The summed E-state index contributed by atoms with van der Waals surface area (Å²) < 4.78 is 49.0. The lowest BCUT2D eigenvalue weighted by molar-refractivity contribution is -0.141. The minimum Gasteiger partial charge on any atom is -0.477 e. The van der Waals surface area contributed by atoms with Crippen molar-refractivity contribution < 1.29 is 32.6 Å². The number of rotatable bonds is 7. The van der Waals surface area contributed by atoms with Crippen LogP contribution in [0.3, 0.4) is 0 Å². The molecule has 0 aromatic carbocycles. The second kappa shape index (κ2) is 11.8. The average molecular weight is 594 g/mol. The zero-order chi connectivity index (χ0) is 29.9. The monoisotopic (exact) mass is 593 g/mol. The van der Waals surface area contributed by atoms with Crippen molar-refractivity contribution in [1.29, 1.82) is 0 Å². The van der Waals surface area contributed by atoms with Crippen molar-refractivity contribution in [3.05, 3.63) is 47.7 Å². The molecule has 1 fully saturated rings. The predicted octanol–water partition coefficient (Wildman–Crippen LogP) is 5.83. The maximum atomic E-state index is 13.0. The lowest BCUT2D eigenvalue weighted by Crippen LogP contribution is -2.52. The lowest BCUT2D eigenvalue weighted by atomic mass is 9.77. The minimum absolute atomic E-state index is 0.122. The molecule has 11 nitrogen and oxygen atoms in total. The molecule has 41 heavy (non-hydrogen) atoms. The van der Waals surface area contributed by atoms with Crippen LogP contribution in [0, 0.1) is 18.3 Å². The molecule has 220 valence electrons. The number of hydrogen-bond acceptors (Lipinski definition) is 9. The Hall–Kier alpha value is -4.01. The molecule has 1 aliphatic heterocycles. The summed E-state index contributed by atoms with van der Waals surface area (Å²) >= 11 is 0.907. The third kappa shape index (κ3) is 7.39. The predicted molar refractivity (Wildman–Crippen MR) is 146 cm³/mol.